The number of halogens is 1. The highest BCUT2D eigenvalue weighted by molar-refractivity contribution is 6.30. The van der Waals surface area contributed by atoms with Crippen LogP contribution in [0, 0.1) is 6.57 Å². The van der Waals surface area contributed by atoms with Crippen LogP contribution in [0.2, 0.25) is 5.02 Å². The van der Waals surface area contributed by atoms with Crippen molar-refractivity contribution in [2.24, 2.45) is 0 Å². The fraction of sp³-hybridized carbons (Fsp3) is 0.308. The number of hydrogen-bond acceptors (Lipinski definition) is 3. The number of pyridine rings is 1. The summed E-state index contributed by atoms with van der Waals surface area (Å²) in [5.41, 5.74) is 7.88. The van der Waals surface area contributed by atoms with Crippen molar-refractivity contribution in [2.75, 3.05) is 5.73 Å². The van der Waals surface area contributed by atoms with Gasteiger partial charge in [0.25, 0.3) is 5.69 Å². The monoisotopic (exact) mass is 273 g/mol. The Morgan fingerprint density at radius 3 is 2.95 bits per heavy atom. The van der Waals surface area contributed by atoms with Gasteiger partial charge in [0, 0.05) is 23.3 Å². The molecule has 96 valence electrons. The fourth-order valence-corrected chi connectivity index (χ4v) is 2.23. The lowest BCUT2D eigenvalue weighted by Gasteiger charge is -2.00. The summed E-state index contributed by atoms with van der Waals surface area (Å²) in [5.74, 6) is 0.467. The van der Waals surface area contributed by atoms with Gasteiger partial charge in [0.1, 0.15) is 5.82 Å². The number of aromatic nitrogens is 3. The van der Waals surface area contributed by atoms with E-state index in [1.54, 1.807) is 23.0 Å². The molecule has 2 heterocycles. The summed E-state index contributed by atoms with van der Waals surface area (Å²) in [6, 6.07) is 3.86. The molecule has 2 aromatic heterocycles. The number of rotatable bonds is 3. The van der Waals surface area contributed by atoms with E-state index in [1.165, 1.54) is 0 Å². The van der Waals surface area contributed by atoms with Crippen molar-refractivity contribution in [3.05, 3.63) is 46.2 Å². The maximum atomic E-state index is 7.25. The first-order valence-electron chi connectivity index (χ1n) is 6.04. The lowest BCUT2D eigenvalue weighted by molar-refractivity contribution is 0.641. The topological polar surface area (TPSA) is 61.1 Å². The molecule has 0 unspecified atom stereocenters. The van der Waals surface area contributed by atoms with E-state index in [4.69, 9.17) is 23.9 Å². The fourth-order valence-electron chi connectivity index (χ4n) is 2.04. The molecule has 0 spiro atoms. The molecule has 0 saturated heterocycles. The smallest absolute Gasteiger partial charge is 0.250 e. The zero-order chi connectivity index (χ0) is 13.4. The molecule has 1 aliphatic carbocycles. The summed E-state index contributed by atoms with van der Waals surface area (Å²) in [5, 5.41) is 5.09. The molecule has 0 radical (unpaired) electrons. The first-order valence-corrected chi connectivity index (χ1v) is 6.41. The molecule has 0 atom stereocenters. The van der Waals surface area contributed by atoms with Crippen molar-refractivity contribution >= 4 is 23.1 Å². The zero-order valence-corrected chi connectivity index (χ0v) is 10.9. The highest BCUT2D eigenvalue weighted by Gasteiger charge is 2.29. The van der Waals surface area contributed by atoms with E-state index in [-0.39, 0.29) is 0 Å². The van der Waals surface area contributed by atoms with Gasteiger partial charge >= 0.3 is 0 Å². The predicted octanol–water partition coefficient (Wildman–Crippen LogP) is 2.99. The van der Waals surface area contributed by atoms with Crippen molar-refractivity contribution in [3.63, 3.8) is 0 Å². The Morgan fingerprint density at radius 1 is 1.53 bits per heavy atom. The molecule has 2 aromatic rings. The van der Waals surface area contributed by atoms with Gasteiger partial charge in [-0.05, 0) is 25.0 Å². The van der Waals surface area contributed by atoms with E-state index in [2.05, 4.69) is 14.9 Å². The summed E-state index contributed by atoms with van der Waals surface area (Å²) in [7, 11) is 0. The number of nitrogens with two attached hydrogens (primary N) is 1. The van der Waals surface area contributed by atoms with Gasteiger partial charge in [-0.2, -0.15) is 5.10 Å². The van der Waals surface area contributed by atoms with Crippen LogP contribution in [0.5, 0.6) is 0 Å². The Bertz CT molecular complexity index is 666. The minimum atomic E-state index is 0.363. The molecule has 1 saturated carbocycles. The van der Waals surface area contributed by atoms with Crippen molar-refractivity contribution in [3.8, 4) is 0 Å². The van der Waals surface area contributed by atoms with Crippen LogP contribution in [-0.2, 0) is 6.42 Å². The lowest BCUT2D eigenvalue weighted by Crippen LogP contribution is -2.02. The first kappa shape index (κ1) is 12.0. The van der Waals surface area contributed by atoms with E-state index in [9.17, 15) is 0 Å². The van der Waals surface area contributed by atoms with Gasteiger partial charge in [-0.3, -0.25) is 9.67 Å². The molecular weight excluding hydrogens is 262 g/mol. The third kappa shape index (κ3) is 2.27. The quantitative estimate of drug-likeness (QED) is 0.875. The van der Waals surface area contributed by atoms with Crippen LogP contribution < -0.4 is 5.73 Å². The highest BCUT2D eigenvalue weighted by atomic mass is 35.5. The minimum absolute atomic E-state index is 0.363. The minimum Gasteiger partial charge on any atom is -0.393 e. The molecule has 3 rings (SSSR count). The molecule has 0 aromatic carbocycles. The van der Waals surface area contributed by atoms with Crippen molar-refractivity contribution in [1.82, 2.24) is 14.8 Å². The predicted molar refractivity (Wildman–Crippen MR) is 73.2 cm³/mol. The van der Waals surface area contributed by atoms with Gasteiger partial charge in [0.2, 0.25) is 0 Å². The van der Waals surface area contributed by atoms with E-state index < -0.39 is 0 Å². The average molecular weight is 274 g/mol. The first-order chi connectivity index (χ1) is 9.19. The second-order valence-corrected chi connectivity index (χ2v) is 5.05. The Kier molecular flexibility index (Phi) is 2.88. The second-order valence-electron chi connectivity index (χ2n) is 4.61. The van der Waals surface area contributed by atoms with Crippen LogP contribution in [0.3, 0.4) is 0 Å². The van der Waals surface area contributed by atoms with Gasteiger partial charge in [-0.1, -0.05) is 11.6 Å². The molecule has 6 heteroatoms. The van der Waals surface area contributed by atoms with E-state index in [1.807, 2.05) is 0 Å². The summed E-state index contributed by atoms with van der Waals surface area (Å²) < 4.78 is 1.77. The third-order valence-corrected chi connectivity index (χ3v) is 3.36. The van der Waals surface area contributed by atoms with Crippen LogP contribution in [0.4, 0.5) is 11.5 Å². The lowest BCUT2D eigenvalue weighted by atomic mass is 10.2. The summed E-state index contributed by atoms with van der Waals surface area (Å²) in [6.07, 6.45) is 4.29. The Balaban J connectivity index is 1.96. The molecule has 0 bridgehead atoms. The van der Waals surface area contributed by atoms with E-state index in [0.29, 0.717) is 34.7 Å². The third-order valence-electron chi connectivity index (χ3n) is 3.12. The molecule has 1 aliphatic rings. The number of nitrogens with zero attached hydrogens (tertiary/aromatic N) is 4. The van der Waals surface area contributed by atoms with Crippen LogP contribution in [0.1, 0.15) is 30.3 Å². The number of anilines is 1. The Hall–Kier alpha value is -2.06. The number of nitrogen functional groups attached to an aromatic ring is 1. The van der Waals surface area contributed by atoms with Gasteiger partial charge in [-0.25, -0.2) is 4.85 Å². The van der Waals surface area contributed by atoms with Gasteiger partial charge in [0.05, 0.1) is 18.3 Å². The van der Waals surface area contributed by atoms with Crippen molar-refractivity contribution in [2.45, 2.75) is 25.3 Å². The molecule has 0 amide bonds. The Morgan fingerprint density at radius 2 is 2.32 bits per heavy atom. The second kappa shape index (κ2) is 4.56. The standard InChI is InChI=1S/C13H12ClN5/c1-16-12-11(7-9-6-8(14)4-5-17-9)18-19(13(12)15)10-2-3-10/h4-6,10H,2-3,7,15H2. The Labute approximate surface area is 115 Å². The summed E-state index contributed by atoms with van der Waals surface area (Å²) >= 11 is 5.93. The molecular formula is C13H12ClN5. The highest BCUT2D eigenvalue weighted by Crippen LogP contribution is 2.40. The molecule has 2 N–H and O–H groups in total. The van der Waals surface area contributed by atoms with Gasteiger partial charge in [0.15, 0.2) is 0 Å². The van der Waals surface area contributed by atoms with Gasteiger partial charge in [-0.15, -0.1) is 0 Å². The van der Waals surface area contributed by atoms with Crippen LogP contribution in [0.15, 0.2) is 18.3 Å². The zero-order valence-electron chi connectivity index (χ0n) is 10.2. The summed E-state index contributed by atoms with van der Waals surface area (Å²) in [6.45, 7) is 7.25. The molecule has 1 fully saturated rings. The van der Waals surface area contributed by atoms with E-state index >= 15 is 0 Å². The van der Waals surface area contributed by atoms with E-state index in [0.717, 1.165) is 18.5 Å². The normalized spacial score (nSPS) is 14.3. The van der Waals surface area contributed by atoms with Gasteiger partial charge < -0.3 is 5.73 Å². The molecule has 0 aliphatic heterocycles. The van der Waals surface area contributed by atoms with Crippen LogP contribution in [-0.4, -0.2) is 14.8 Å². The van der Waals surface area contributed by atoms with Crippen LogP contribution >= 0.6 is 11.6 Å². The summed E-state index contributed by atoms with van der Waals surface area (Å²) in [4.78, 5) is 7.73. The maximum Gasteiger partial charge on any atom is 0.250 e. The average Bonchev–Trinajstić information content (AvgIpc) is 3.16. The largest absolute Gasteiger partial charge is 0.393 e. The SMILES string of the molecule is [C-]#[N+]c1c(Cc2cc(Cl)ccn2)nn(C2CC2)c1N. The van der Waals surface area contributed by atoms with Crippen molar-refractivity contribution in [1.29, 1.82) is 0 Å². The molecule has 19 heavy (non-hydrogen) atoms. The number of hydrogen-bond donors (Lipinski definition) is 1. The van der Waals surface area contributed by atoms with Crippen LogP contribution in [0.25, 0.3) is 4.85 Å². The van der Waals surface area contributed by atoms with Crippen molar-refractivity contribution < 1.29 is 0 Å². The maximum absolute atomic E-state index is 7.25. The molecule has 5 nitrogen and oxygen atoms in total.